The molecule has 0 bridgehead atoms. The summed E-state index contributed by atoms with van der Waals surface area (Å²) < 4.78 is 0. The Morgan fingerprint density at radius 2 is 2.33 bits per heavy atom. The monoisotopic (exact) mass is 124 g/mol. The lowest BCUT2D eigenvalue weighted by Gasteiger charge is -2.13. The zero-order chi connectivity index (χ0) is 6.85. The Balaban J connectivity index is 2.60. The molecule has 1 radical (unpaired) electrons. The van der Waals surface area contributed by atoms with Crippen molar-refractivity contribution < 1.29 is 4.79 Å². The summed E-state index contributed by atoms with van der Waals surface area (Å²) in [6.07, 6.45) is 1.61. The summed E-state index contributed by atoms with van der Waals surface area (Å²) in [4.78, 5) is 12.5. The van der Waals surface area contributed by atoms with E-state index in [9.17, 15) is 4.79 Å². The Bertz CT molecular complexity index is 151. The molecule has 2 nitrogen and oxygen atoms in total. The molecule has 0 aromatic heterocycles. The van der Waals surface area contributed by atoms with Crippen molar-refractivity contribution in [3.63, 3.8) is 0 Å². The minimum absolute atomic E-state index is 0.162. The predicted octanol–water partition coefficient (Wildman–Crippen LogP) is 0.957. The van der Waals surface area contributed by atoms with Crippen molar-refractivity contribution in [3.05, 3.63) is 19.2 Å². The van der Waals surface area contributed by atoms with Crippen LogP contribution in [0.15, 0.2) is 12.3 Å². The van der Waals surface area contributed by atoms with Crippen LogP contribution in [0, 0.1) is 6.92 Å². The third-order valence-corrected chi connectivity index (χ3v) is 1.46. The molecule has 2 heteroatoms. The van der Waals surface area contributed by atoms with Crippen LogP contribution in [0.2, 0.25) is 0 Å². The van der Waals surface area contributed by atoms with Gasteiger partial charge in [0, 0.05) is 18.7 Å². The van der Waals surface area contributed by atoms with Gasteiger partial charge < -0.3 is 4.90 Å². The highest BCUT2D eigenvalue weighted by atomic mass is 16.2. The molecule has 1 fully saturated rings. The highest BCUT2D eigenvalue weighted by Gasteiger charge is 2.19. The van der Waals surface area contributed by atoms with Crippen molar-refractivity contribution in [2.24, 2.45) is 0 Å². The van der Waals surface area contributed by atoms with Crippen LogP contribution in [0.5, 0.6) is 0 Å². The Morgan fingerprint density at radius 1 is 1.67 bits per heavy atom. The zero-order valence-electron chi connectivity index (χ0n) is 5.39. The summed E-state index contributed by atoms with van der Waals surface area (Å²) in [5.74, 6) is 0.162. The van der Waals surface area contributed by atoms with E-state index in [-0.39, 0.29) is 5.91 Å². The maximum Gasteiger partial charge on any atom is 0.226 e. The molecule has 1 rings (SSSR count). The largest absolute Gasteiger partial charge is 0.317 e. The second kappa shape index (κ2) is 2.21. The molecule has 0 aliphatic carbocycles. The summed E-state index contributed by atoms with van der Waals surface area (Å²) >= 11 is 0. The average molecular weight is 124 g/mol. The van der Waals surface area contributed by atoms with E-state index >= 15 is 0 Å². The molecule has 49 valence electrons. The van der Waals surface area contributed by atoms with Crippen LogP contribution in [-0.2, 0) is 4.79 Å². The van der Waals surface area contributed by atoms with Crippen LogP contribution >= 0.6 is 0 Å². The van der Waals surface area contributed by atoms with E-state index in [4.69, 9.17) is 0 Å². The average Bonchev–Trinajstić information content (AvgIpc) is 2.13. The third-order valence-electron chi connectivity index (χ3n) is 1.46. The third kappa shape index (κ3) is 1.12. The first-order chi connectivity index (χ1) is 4.22. The number of hydrogen-bond donors (Lipinski definition) is 0. The molecule has 0 unspecified atom stereocenters. The summed E-state index contributed by atoms with van der Waals surface area (Å²) in [5.41, 5.74) is 0.623. The molecule has 0 atom stereocenters. The topological polar surface area (TPSA) is 20.3 Å². The van der Waals surface area contributed by atoms with Crippen molar-refractivity contribution in [2.45, 2.75) is 12.8 Å². The fourth-order valence-electron chi connectivity index (χ4n) is 0.983. The van der Waals surface area contributed by atoms with Crippen molar-refractivity contribution in [1.29, 1.82) is 0 Å². The molecule has 1 heterocycles. The van der Waals surface area contributed by atoms with Gasteiger partial charge in [0.15, 0.2) is 0 Å². The SMILES string of the molecule is [CH2]C(=C)N1CCCC1=O. The smallest absolute Gasteiger partial charge is 0.226 e. The fraction of sp³-hybridized carbons (Fsp3) is 0.429. The molecular weight excluding hydrogens is 114 g/mol. The fourth-order valence-corrected chi connectivity index (χ4v) is 0.983. The number of allylic oxidation sites excluding steroid dienone is 1. The van der Waals surface area contributed by atoms with Gasteiger partial charge in [-0.1, -0.05) is 6.58 Å². The number of likely N-dealkylation sites (tertiary alicyclic amines) is 1. The molecule has 0 N–H and O–H groups in total. The van der Waals surface area contributed by atoms with Gasteiger partial charge in [-0.05, 0) is 13.3 Å². The van der Waals surface area contributed by atoms with Gasteiger partial charge in [-0.2, -0.15) is 0 Å². The minimum atomic E-state index is 0.162. The molecule has 1 aliphatic heterocycles. The van der Waals surface area contributed by atoms with Crippen LogP contribution in [-0.4, -0.2) is 17.4 Å². The van der Waals surface area contributed by atoms with Gasteiger partial charge in [0.25, 0.3) is 0 Å². The van der Waals surface area contributed by atoms with Gasteiger partial charge >= 0.3 is 0 Å². The van der Waals surface area contributed by atoms with Crippen molar-refractivity contribution >= 4 is 5.91 Å². The molecule has 1 saturated heterocycles. The summed E-state index contributed by atoms with van der Waals surface area (Å²) in [7, 11) is 0. The summed E-state index contributed by atoms with van der Waals surface area (Å²) in [6.45, 7) is 7.97. The maximum atomic E-state index is 10.8. The normalized spacial score (nSPS) is 18.8. The molecule has 0 aromatic carbocycles. The van der Waals surface area contributed by atoms with Crippen LogP contribution in [0.4, 0.5) is 0 Å². The first-order valence-electron chi connectivity index (χ1n) is 3.03. The lowest BCUT2D eigenvalue weighted by atomic mass is 10.4. The van der Waals surface area contributed by atoms with E-state index in [2.05, 4.69) is 13.5 Å². The Labute approximate surface area is 55.2 Å². The van der Waals surface area contributed by atoms with Gasteiger partial charge in [-0.25, -0.2) is 0 Å². The first-order valence-corrected chi connectivity index (χ1v) is 3.03. The minimum Gasteiger partial charge on any atom is -0.317 e. The maximum absolute atomic E-state index is 10.8. The van der Waals surface area contributed by atoms with Crippen molar-refractivity contribution in [2.75, 3.05) is 6.54 Å². The van der Waals surface area contributed by atoms with Crippen LogP contribution in [0.25, 0.3) is 0 Å². The molecule has 9 heavy (non-hydrogen) atoms. The standard InChI is InChI=1S/C7H10NO/c1-6(2)8-5-3-4-7(8)9/h1-5H2. The quantitative estimate of drug-likeness (QED) is 0.509. The van der Waals surface area contributed by atoms with E-state index < -0.39 is 0 Å². The molecule has 1 amide bonds. The van der Waals surface area contributed by atoms with Crippen LogP contribution in [0.1, 0.15) is 12.8 Å². The van der Waals surface area contributed by atoms with Gasteiger partial charge in [0.1, 0.15) is 0 Å². The van der Waals surface area contributed by atoms with Gasteiger partial charge in [-0.3, -0.25) is 4.79 Å². The Hall–Kier alpha value is -0.790. The zero-order valence-corrected chi connectivity index (χ0v) is 5.39. The predicted molar refractivity (Wildman–Crippen MR) is 35.4 cm³/mol. The van der Waals surface area contributed by atoms with E-state index in [0.29, 0.717) is 12.1 Å². The van der Waals surface area contributed by atoms with E-state index in [1.807, 2.05) is 0 Å². The lowest BCUT2D eigenvalue weighted by molar-refractivity contribution is -0.125. The molecule has 0 saturated carbocycles. The van der Waals surface area contributed by atoms with E-state index in [0.717, 1.165) is 13.0 Å². The second-order valence-electron chi connectivity index (χ2n) is 2.22. The summed E-state index contributed by atoms with van der Waals surface area (Å²) in [5, 5.41) is 0. The number of nitrogens with zero attached hydrogens (tertiary/aromatic N) is 1. The number of rotatable bonds is 1. The highest BCUT2D eigenvalue weighted by Crippen LogP contribution is 2.13. The van der Waals surface area contributed by atoms with Gasteiger partial charge in [-0.15, -0.1) is 0 Å². The number of amides is 1. The van der Waals surface area contributed by atoms with Crippen LogP contribution in [0.3, 0.4) is 0 Å². The van der Waals surface area contributed by atoms with Crippen molar-refractivity contribution in [3.8, 4) is 0 Å². The Morgan fingerprint density at radius 3 is 2.56 bits per heavy atom. The number of hydrogen-bond acceptors (Lipinski definition) is 1. The van der Waals surface area contributed by atoms with Gasteiger partial charge in [0.05, 0.1) is 0 Å². The summed E-state index contributed by atoms with van der Waals surface area (Å²) in [6, 6.07) is 0. The van der Waals surface area contributed by atoms with E-state index in [1.165, 1.54) is 0 Å². The first kappa shape index (κ1) is 6.33. The number of carbonyl (C=O) groups is 1. The second-order valence-corrected chi connectivity index (χ2v) is 2.22. The molecule has 0 aromatic rings. The molecule has 1 aliphatic rings. The van der Waals surface area contributed by atoms with Crippen LogP contribution < -0.4 is 0 Å². The lowest BCUT2D eigenvalue weighted by Crippen LogP contribution is -2.21. The molecule has 0 spiro atoms. The van der Waals surface area contributed by atoms with E-state index in [1.54, 1.807) is 4.90 Å². The highest BCUT2D eigenvalue weighted by molar-refractivity contribution is 5.79. The Kier molecular flexibility index (Phi) is 1.56. The number of carbonyl (C=O) groups excluding carboxylic acids is 1. The van der Waals surface area contributed by atoms with Gasteiger partial charge in [0.2, 0.25) is 5.91 Å². The van der Waals surface area contributed by atoms with Crippen molar-refractivity contribution in [1.82, 2.24) is 4.90 Å². The molecular formula is C7H10NO.